The first-order chi connectivity index (χ1) is 10.6. The van der Waals surface area contributed by atoms with E-state index < -0.39 is 27.0 Å². The SMILES string of the molecule is C[Si](C)(C)Oc1ccc([C@H](CC(F)(F)F)N2CCNCC2)cc1.Cl.Cl. The Kier molecular flexibility index (Phi) is 9.83. The van der Waals surface area contributed by atoms with Gasteiger partial charge in [-0.15, -0.1) is 24.8 Å². The van der Waals surface area contributed by atoms with Crippen LogP contribution < -0.4 is 9.74 Å². The van der Waals surface area contributed by atoms with Gasteiger partial charge in [0.05, 0.1) is 6.42 Å². The molecular formula is C16H27Cl2F3N2OSi. The molecule has 1 aromatic carbocycles. The van der Waals surface area contributed by atoms with Gasteiger partial charge in [-0.25, -0.2) is 0 Å². The molecule has 25 heavy (non-hydrogen) atoms. The molecule has 0 radical (unpaired) electrons. The molecule has 1 heterocycles. The number of alkyl halides is 3. The molecule has 1 N–H and O–H groups in total. The quantitative estimate of drug-likeness (QED) is 0.704. The van der Waals surface area contributed by atoms with Crippen molar-refractivity contribution in [1.82, 2.24) is 10.2 Å². The van der Waals surface area contributed by atoms with Gasteiger partial charge in [0.1, 0.15) is 5.75 Å². The molecule has 0 saturated carbocycles. The van der Waals surface area contributed by atoms with E-state index >= 15 is 0 Å². The van der Waals surface area contributed by atoms with E-state index in [2.05, 4.69) is 25.0 Å². The summed E-state index contributed by atoms with van der Waals surface area (Å²) in [5.74, 6) is 0.735. The molecule has 0 spiro atoms. The fourth-order valence-corrected chi connectivity index (χ4v) is 3.63. The minimum atomic E-state index is -4.18. The van der Waals surface area contributed by atoms with Crippen LogP contribution in [0.2, 0.25) is 19.6 Å². The third-order valence-corrected chi connectivity index (χ3v) is 4.55. The van der Waals surface area contributed by atoms with Gasteiger partial charge < -0.3 is 9.74 Å². The molecule has 1 atom stereocenters. The van der Waals surface area contributed by atoms with E-state index in [9.17, 15) is 13.2 Å². The van der Waals surface area contributed by atoms with E-state index in [0.717, 1.165) is 18.8 Å². The molecule has 1 aromatic rings. The fourth-order valence-electron chi connectivity index (χ4n) is 2.78. The van der Waals surface area contributed by atoms with Gasteiger partial charge >= 0.3 is 6.18 Å². The molecule has 0 bridgehead atoms. The van der Waals surface area contributed by atoms with Crippen LogP contribution >= 0.6 is 24.8 Å². The molecular weight excluding hydrogens is 392 g/mol. The lowest BCUT2D eigenvalue weighted by Crippen LogP contribution is -2.46. The second-order valence-corrected chi connectivity index (χ2v) is 11.3. The third-order valence-electron chi connectivity index (χ3n) is 3.71. The Morgan fingerprint density at radius 3 is 2.04 bits per heavy atom. The zero-order valence-electron chi connectivity index (χ0n) is 14.7. The van der Waals surface area contributed by atoms with Gasteiger partial charge in [0.2, 0.25) is 8.32 Å². The summed E-state index contributed by atoms with van der Waals surface area (Å²) in [6, 6.07) is 6.50. The number of hydrogen-bond acceptors (Lipinski definition) is 3. The summed E-state index contributed by atoms with van der Waals surface area (Å²) in [5, 5.41) is 3.18. The average molecular weight is 419 g/mol. The van der Waals surface area contributed by atoms with Gasteiger partial charge in [-0.3, -0.25) is 4.90 Å². The Morgan fingerprint density at radius 1 is 1.08 bits per heavy atom. The summed E-state index contributed by atoms with van der Waals surface area (Å²) >= 11 is 0. The number of rotatable bonds is 5. The number of hydrogen-bond donors (Lipinski definition) is 1. The second kappa shape index (κ2) is 10.0. The van der Waals surface area contributed by atoms with Crippen molar-refractivity contribution in [2.24, 2.45) is 0 Å². The standard InChI is InChI=1S/C16H25F3N2OSi.2ClH/c1-23(2,3)22-14-6-4-13(5-7-14)15(12-16(17,18)19)21-10-8-20-9-11-21;;/h4-7,15,20H,8-12H2,1-3H3;2*1H/t15-;;/m0../s1. The normalized spacial score (nSPS) is 17.2. The van der Waals surface area contributed by atoms with E-state index in [1.165, 1.54) is 0 Å². The molecule has 3 nitrogen and oxygen atoms in total. The molecule has 1 saturated heterocycles. The van der Waals surface area contributed by atoms with Crippen molar-refractivity contribution in [3.8, 4) is 5.75 Å². The van der Waals surface area contributed by atoms with Gasteiger partial charge in [0.25, 0.3) is 0 Å². The Morgan fingerprint density at radius 2 is 1.60 bits per heavy atom. The lowest BCUT2D eigenvalue weighted by Gasteiger charge is -2.35. The van der Waals surface area contributed by atoms with Crippen molar-refractivity contribution < 1.29 is 17.6 Å². The average Bonchev–Trinajstić information content (AvgIpc) is 2.44. The van der Waals surface area contributed by atoms with Crippen molar-refractivity contribution in [2.45, 2.75) is 38.3 Å². The highest BCUT2D eigenvalue weighted by atomic mass is 35.5. The first-order valence-electron chi connectivity index (χ1n) is 7.94. The van der Waals surface area contributed by atoms with Crippen molar-refractivity contribution in [1.29, 1.82) is 0 Å². The van der Waals surface area contributed by atoms with Gasteiger partial charge in [0.15, 0.2) is 0 Å². The Bertz CT molecular complexity index is 504. The van der Waals surface area contributed by atoms with Gasteiger partial charge in [-0.1, -0.05) is 12.1 Å². The summed E-state index contributed by atoms with van der Waals surface area (Å²) in [7, 11) is -1.71. The molecule has 0 amide bonds. The van der Waals surface area contributed by atoms with E-state index in [1.54, 1.807) is 24.3 Å². The van der Waals surface area contributed by atoms with Gasteiger partial charge in [0, 0.05) is 32.2 Å². The van der Waals surface area contributed by atoms with Crippen LogP contribution in [-0.4, -0.2) is 45.6 Å². The smallest absolute Gasteiger partial charge is 0.390 e. The topological polar surface area (TPSA) is 24.5 Å². The van der Waals surface area contributed by atoms with Crippen LogP contribution in [0.4, 0.5) is 13.2 Å². The highest BCUT2D eigenvalue weighted by molar-refractivity contribution is 6.70. The molecule has 146 valence electrons. The highest BCUT2D eigenvalue weighted by Crippen LogP contribution is 2.34. The van der Waals surface area contributed by atoms with Crippen molar-refractivity contribution >= 4 is 33.1 Å². The lowest BCUT2D eigenvalue weighted by atomic mass is 10.0. The molecule has 1 aliphatic rings. The zero-order valence-corrected chi connectivity index (χ0v) is 17.4. The second-order valence-electron chi connectivity index (χ2n) is 6.90. The van der Waals surface area contributed by atoms with E-state index in [-0.39, 0.29) is 24.8 Å². The minimum absolute atomic E-state index is 0. The Balaban J connectivity index is 0.00000288. The maximum atomic E-state index is 13.0. The maximum absolute atomic E-state index is 13.0. The van der Waals surface area contributed by atoms with Crippen LogP contribution in [0, 0.1) is 0 Å². The fraction of sp³-hybridized carbons (Fsp3) is 0.625. The molecule has 1 fully saturated rings. The number of nitrogens with zero attached hydrogens (tertiary/aromatic N) is 1. The predicted molar refractivity (Wildman–Crippen MR) is 103 cm³/mol. The number of piperazine rings is 1. The summed E-state index contributed by atoms with van der Waals surface area (Å²) in [6.07, 6.45) is -5.00. The van der Waals surface area contributed by atoms with Crippen molar-refractivity contribution in [3.05, 3.63) is 29.8 Å². The van der Waals surface area contributed by atoms with E-state index in [0.29, 0.717) is 18.7 Å². The molecule has 0 aliphatic carbocycles. The first-order valence-corrected chi connectivity index (χ1v) is 11.4. The van der Waals surface area contributed by atoms with Gasteiger partial charge in [-0.05, 0) is 37.3 Å². The number of benzene rings is 1. The Hall–Kier alpha value is -0.473. The number of nitrogens with one attached hydrogen (secondary N) is 1. The predicted octanol–water partition coefficient (Wildman–Crippen LogP) is 4.64. The van der Waals surface area contributed by atoms with Crippen molar-refractivity contribution in [3.63, 3.8) is 0 Å². The van der Waals surface area contributed by atoms with Gasteiger partial charge in [-0.2, -0.15) is 13.2 Å². The van der Waals surface area contributed by atoms with E-state index in [4.69, 9.17) is 4.43 Å². The van der Waals surface area contributed by atoms with Crippen LogP contribution in [0.5, 0.6) is 5.75 Å². The molecule has 2 rings (SSSR count). The molecule has 9 heteroatoms. The monoisotopic (exact) mass is 418 g/mol. The molecule has 1 aliphatic heterocycles. The number of halogens is 5. The lowest BCUT2D eigenvalue weighted by molar-refractivity contribution is -0.148. The van der Waals surface area contributed by atoms with E-state index in [1.807, 2.05) is 4.90 Å². The first kappa shape index (κ1) is 24.5. The third kappa shape index (κ3) is 8.64. The summed E-state index contributed by atoms with van der Waals surface area (Å²) in [5.41, 5.74) is 0.701. The summed E-state index contributed by atoms with van der Waals surface area (Å²) in [4.78, 5) is 1.92. The maximum Gasteiger partial charge on any atom is 0.390 e. The van der Waals surface area contributed by atoms with Crippen LogP contribution in [0.3, 0.4) is 0 Å². The van der Waals surface area contributed by atoms with Crippen LogP contribution in [0.25, 0.3) is 0 Å². The minimum Gasteiger partial charge on any atom is -0.544 e. The summed E-state index contributed by atoms with van der Waals surface area (Å²) in [6.45, 7) is 8.95. The van der Waals surface area contributed by atoms with Crippen LogP contribution in [-0.2, 0) is 0 Å². The van der Waals surface area contributed by atoms with Crippen LogP contribution in [0.15, 0.2) is 24.3 Å². The molecule has 0 aromatic heterocycles. The zero-order chi connectivity index (χ0) is 17.1. The molecule has 0 unspecified atom stereocenters. The largest absolute Gasteiger partial charge is 0.544 e. The Labute approximate surface area is 161 Å². The summed E-state index contributed by atoms with van der Waals surface area (Å²) < 4.78 is 44.8. The van der Waals surface area contributed by atoms with Crippen molar-refractivity contribution in [2.75, 3.05) is 26.2 Å². The van der Waals surface area contributed by atoms with Crippen LogP contribution in [0.1, 0.15) is 18.0 Å². The highest BCUT2D eigenvalue weighted by Gasteiger charge is 2.36.